The third-order valence-corrected chi connectivity index (χ3v) is 12.2. The van der Waals surface area contributed by atoms with Gasteiger partial charge in [-0.05, 0) is 96.3 Å². The molecule has 6 heteroatoms. The largest absolute Gasteiger partial charge is 0.462 e. The van der Waals surface area contributed by atoms with Crippen LogP contribution in [0, 0.1) is 0 Å². The van der Waals surface area contributed by atoms with Crippen molar-refractivity contribution in [1.29, 1.82) is 0 Å². The standard InChI is InChI=1S/C61H106O6/c1-4-7-10-13-16-19-22-25-27-29-31-33-36-39-42-45-48-51-54-60(63)66-57-58(56-65-59(62)53-50-47-44-41-38-35-24-21-18-15-12-9-6-3)67-61(64)55-52-49-46-43-40-37-34-32-30-28-26-23-20-17-14-11-8-5-2/h16,19,22,25,27,29,31-35,38,58H,4-15,17-18,20-21,23-24,26,28,30,36-37,39-57H2,1-3H3/b19-16-,25-22-,29-27-,33-31-,34-32-,38-35-. The summed E-state index contributed by atoms with van der Waals surface area (Å²) in [6, 6.07) is 0. The van der Waals surface area contributed by atoms with Crippen molar-refractivity contribution in [3.63, 3.8) is 0 Å². The molecule has 1 atom stereocenters. The van der Waals surface area contributed by atoms with Crippen LogP contribution in [0.1, 0.15) is 278 Å². The number of unbranched alkanes of at least 4 members (excludes halogenated alkanes) is 31. The molecule has 1 unspecified atom stereocenters. The maximum atomic E-state index is 12.8. The van der Waals surface area contributed by atoms with Gasteiger partial charge in [-0.3, -0.25) is 14.4 Å². The van der Waals surface area contributed by atoms with Gasteiger partial charge >= 0.3 is 17.9 Å². The van der Waals surface area contributed by atoms with E-state index in [0.717, 1.165) is 109 Å². The lowest BCUT2D eigenvalue weighted by Crippen LogP contribution is -2.30. The Morgan fingerprint density at radius 3 is 0.925 bits per heavy atom. The molecule has 386 valence electrons. The number of carbonyl (C=O) groups is 3. The van der Waals surface area contributed by atoms with E-state index in [1.165, 1.54) is 128 Å². The summed E-state index contributed by atoms with van der Waals surface area (Å²) in [6.45, 7) is 6.57. The molecule has 0 aliphatic rings. The van der Waals surface area contributed by atoms with Crippen LogP contribution in [0.3, 0.4) is 0 Å². The fourth-order valence-corrected chi connectivity index (χ4v) is 7.91. The van der Waals surface area contributed by atoms with Crippen LogP contribution in [0.2, 0.25) is 0 Å². The van der Waals surface area contributed by atoms with Crippen LogP contribution in [0.25, 0.3) is 0 Å². The Morgan fingerprint density at radius 1 is 0.299 bits per heavy atom. The smallest absolute Gasteiger partial charge is 0.306 e. The fraction of sp³-hybridized carbons (Fsp3) is 0.754. The van der Waals surface area contributed by atoms with Crippen molar-refractivity contribution in [2.45, 2.75) is 284 Å². The first-order valence-electron chi connectivity index (χ1n) is 28.5. The van der Waals surface area contributed by atoms with Crippen molar-refractivity contribution in [2.24, 2.45) is 0 Å². The third-order valence-electron chi connectivity index (χ3n) is 12.2. The zero-order valence-corrected chi connectivity index (χ0v) is 44.2. The number of ether oxygens (including phenoxy) is 3. The summed E-state index contributed by atoms with van der Waals surface area (Å²) in [5.74, 6) is -0.933. The molecule has 0 saturated carbocycles. The van der Waals surface area contributed by atoms with E-state index in [1.54, 1.807) is 0 Å². The lowest BCUT2D eigenvalue weighted by Gasteiger charge is -2.18. The molecule has 0 heterocycles. The Morgan fingerprint density at radius 2 is 0.552 bits per heavy atom. The molecule has 0 spiro atoms. The summed E-state index contributed by atoms with van der Waals surface area (Å²) < 4.78 is 16.8. The van der Waals surface area contributed by atoms with Crippen molar-refractivity contribution in [3.8, 4) is 0 Å². The highest BCUT2D eigenvalue weighted by atomic mass is 16.6. The Bertz CT molecular complexity index is 1260. The van der Waals surface area contributed by atoms with E-state index in [4.69, 9.17) is 14.2 Å². The quantitative estimate of drug-likeness (QED) is 0.0199. The molecule has 0 amide bonds. The average molecular weight is 936 g/mol. The molecule has 0 saturated heterocycles. The molecule has 0 aromatic carbocycles. The Kier molecular flexibility index (Phi) is 52.8. The maximum Gasteiger partial charge on any atom is 0.306 e. The SMILES string of the molecule is CCCCC\C=C/C=C\C=C/C=C\CCCCCCCC(=O)OCC(COC(=O)CCCCC/C=C\CCCCCCCC)OC(=O)CCCCCCC/C=C\CCCCCCCCCCC. The van der Waals surface area contributed by atoms with Gasteiger partial charge in [-0.15, -0.1) is 0 Å². The van der Waals surface area contributed by atoms with Crippen molar-refractivity contribution >= 4 is 17.9 Å². The van der Waals surface area contributed by atoms with Gasteiger partial charge in [-0.25, -0.2) is 0 Å². The minimum Gasteiger partial charge on any atom is -0.462 e. The summed E-state index contributed by atoms with van der Waals surface area (Å²) in [4.78, 5) is 38.1. The molecule has 67 heavy (non-hydrogen) atoms. The second-order valence-electron chi connectivity index (χ2n) is 18.9. The van der Waals surface area contributed by atoms with Crippen molar-refractivity contribution in [1.82, 2.24) is 0 Å². The normalized spacial score (nSPS) is 12.6. The summed E-state index contributed by atoms with van der Waals surface area (Å²) >= 11 is 0. The topological polar surface area (TPSA) is 78.9 Å². The van der Waals surface area contributed by atoms with Crippen LogP contribution in [0.4, 0.5) is 0 Å². The zero-order valence-electron chi connectivity index (χ0n) is 44.2. The molecule has 0 bridgehead atoms. The minimum atomic E-state index is -0.796. The van der Waals surface area contributed by atoms with Crippen molar-refractivity contribution in [2.75, 3.05) is 13.2 Å². The Labute approximate surface area is 414 Å². The van der Waals surface area contributed by atoms with E-state index < -0.39 is 6.10 Å². The number of hydrogen-bond acceptors (Lipinski definition) is 6. The van der Waals surface area contributed by atoms with Crippen molar-refractivity contribution in [3.05, 3.63) is 72.9 Å². The number of hydrogen-bond donors (Lipinski definition) is 0. The van der Waals surface area contributed by atoms with Gasteiger partial charge in [0.1, 0.15) is 13.2 Å². The lowest BCUT2D eigenvalue weighted by molar-refractivity contribution is -0.167. The molecular formula is C61H106O6. The number of esters is 3. The first kappa shape index (κ1) is 63.8. The molecule has 0 fully saturated rings. The molecule has 0 radical (unpaired) electrons. The second-order valence-corrected chi connectivity index (χ2v) is 18.9. The van der Waals surface area contributed by atoms with E-state index in [1.807, 2.05) is 0 Å². The van der Waals surface area contributed by atoms with Crippen LogP contribution < -0.4 is 0 Å². The molecule has 0 aliphatic heterocycles. The second kappa shape index (κ2) is 55.4. The molecule has 0 rings (SSSR count). The molecule has 0 aromatic heterocycles. The highest BCUT2D eigenvalue weighted by Crippen LogP contribution is 2.14. The van der Waals surface area contributed by atoms with Crippen LogP contribution in [0.5, 0.6) is 0 Å². The zero-order chi connectivity index (χ0) is 48.6. The van der Waals surface area contributed by atoms with E-state index in [0.29, 0.717) is 19.3 Å². The fourth-order valence-electron chi connectivity index (χ4n) is 7.91. The minimum absolute atomic E-state index is 0.0941. The average Bonchev–Trinajstić information content (AvgIpc) is 3.33. The van der Waals surface area contributed by atoms with E-state index >= 15 is 0 Å². The molecule has 0 N–H and O–H groups in total. The lowest BCUT2D eigenvalue weighted by atomic mass is 10.1. The van der Waals surface area contributed by atoms with Crippen LogP contribution in [0.15, 0.2) is 72.9 Å². The number of rotatable bonds is 51. The highest BCUT2D eigenvalue weighted by molar-refractivity contribution is 5.71. The van der Waals surface area contributed by atoms with E-state index in [9.17, 15) is 14.4 Å². The highest BCUT2D eigenvalue weighted by Gasteiger charge is 2.19. The van der Waals surface area contributed by atoms with Gasteiger partial charge in [-0.1, -0.05) is 235 Å². The maximum absolute atomic E-state index is 12.8. The van der Waals surface area contributed by atoms with Gasteiger partial charge < -0.3 is 14.2 Å². The summed E-state index contributed by atoms with van der Waals surface area (Å²) in [6.07, 6.45) is 70.3. The number of allylic oxidation sites excluding steroid dienone is 12. The van der Waals surface area contributed by atoms with E-state index in [-0.39, 0.29) is 31.1 Å². The first-order chi connectivity index (χ1) is 33.0. The summed E-state index contributed by atoms with van der Waals surface area (Å²) in [7, 11) is 0. The van der Waals surface area contributed by atoms with Gasteiger partial charge in [-0.2, -0.15) is 0 Å². The van der Waals surface area contributed by atoms with Gasteiger partial charge in [0, 0.05) is 19.3 Å². The Hall–Kier alpha value is -3.15. The molecule has 6 nitrogen and oxygen atoms in total. The van der Waals surface area contributed by atoms with Gasteiger partial charge in [0.05, 0.1) is 0 Å². The van der Waals surface area contributed by atoms with E-state index in [2.05, 4.69) is 93.7 Å². The van der Waals surface area contributed by atoms with Gasteiger partial charge in [0.2, 0.25) is 0 Å². The monoisotopic (exact) mass is 935 g/mol. The predicted octanol–water partition coefficient (Wildman–Crippen LogP) is 19.0. The van der Waals surface area contributed by atoms with Crippen LogP contribution >= 0.6 is 0 Å². The Balaban J connectivity index is 4.44. The summed E-state index contributed by atoms with van der Waals surface area (Å²) in [5, 5.41) is 0. The summed E-state index contributed by atoms with van der Waals surface area (Å²) in [5.41, 5.74) is 0. The van der Waals surface area contributed by atoms with Crippen LogP contribution in [-0.2, 0) is 28.6 Å². The number of carbonyl (C=O) groups excluding carboxylic acids is 3. The third kappa shape index (κ3) is 53.7. The first-order valence-corrected chi connectivity index (χ1v) is 28.5. The molecule has 0 aliphatic carbocycles. The van der Waals surface area contributed by atoms with Gasteiger partial charge in [0.25, 0.3) is 0 Å². The predicted molar refractivity (Wildman–Crippen MR) is 288 cm³/mol. The van der Waals surface area contributed by atoms with Gasteiger partial charge in [0.15, 0.2) is 6.10 Å². The molecular weight excluding hydrogens is 829 g/mol. The van der Waals surface area contributed by atoms with Crippen LogP contribution in [-0.4, -0.2) is 37.2 Å². The van der Waals surface area contributed by atoms with Crippen molar-refractivity contribution < 1.29 is 28.6 Å². The molecule has 0 aromatic rings.